The van der Waals surface area contributed by atoms with Gasteiger partial charge in [0.05, 0.1) is 0 Å². The predicted octanol–water partition coefficient (Wildman–Crippen LogP) is 2.78. The van der Waals surface area contributed by atoms with Crippen LogP contribution >= 0.6 is 0 Å². The zero-order valence-electron chi connectivity index (χ0n) is 12.2. The zero-order valence-corrected chi connectivity index (χ0v) is 12.2. The molecule has 1 aromatic carbocycles. The van der Waals surface area contributed by atoms with Crippen molar-refractivity contribution < 1.29 is 4.79 Å². The first-order valence-electron chi connectivity index (χ1n) is 6.48. The van der Waals surface area contributed by atoms with Crippen molar-refractivity contribution in [2.45, 2.75) is 20.8 Å². The van der Waals surface area contributed by atoms with Gasteiger partial charge in [-0.2, -0.15) is 5.26 Å². The largest absolute Gasteiger partial charge is 0.383 e. The number of hydrogen-bond donors (Lipinski definition) is 2. The van der Waals surface area contributed by atoms with Gasteiger partial charge in [0.25, 0.3) is 0 Å². The molecule has 0 fully saturated rings. The molecule has 0 saturated carbocycles. The molecule has 0 spiro atoms. The lowest BCUT2D eigenvalue weighted by Gasteiger charge is -2.13. The molecular weight excluding hydrogens is 264 g/mol. The zero-order chi connectivity index (χ0) is 15.6. The van der Waals surface area contributed by atoms with E-state index < -0.39 is 0 Å². The van der Waals surface area contributed by atoms with Crippen molar-refractivity contribution >= 4 is 17.4 Å². The third-order valence-electron chi connectivity index (χ3n) is 3.32. The van der Waals surface area contributed by atoms with E-state index in [4.69, 9.17) is 5.73 Å². The molecule has 0 aliphatic rings. The van der Waals surface area contributed by atoms with Gasteiger partial charge in [0.1, 0.15) is 17.5 Å². The fourth-order valence-electron chi connectivity index (χ4n) is 2.21. The van der Waals surface area contributed by atoms with E-state index in [1.165, 1.54) is 6.92 Å². The second-order valence-corrected chi connectivity index (χ2v) is 4.83. The van der Waals surface area contributed by atoms with Crippen molar-refractivity contribution in [3.63, 3.8) is 0 Å². The lowest BCUT2D eigenvalue weighted by atomic mass is 9.95. The van der Waals surface area contributed by atoms with Gasteiger partial charge < -0.3 is 11.1 Å². The van der Waals surface area contributed by atoms with Crippen LogP contribution in [0.5, 0.6) is 0 Å². The van der Waals surface area contributed by atoms with E-state index in [2.05, 4.69) is 16.4 Å². The number of carbonyl (C=O) groups excluding carboxylic acids is 1. The fraction of sp³-hybridized carbons (Fsp3) is 0.188. The number of anilines is 2. The Morgan fingerprint density at radius 1 is 1.29 bits per heavy atom. The van der Waals surface area contributed by atoms with E-state index in [1.807, 2.05) is 26.0 Å². The van der Waals surface area contributed by atoms with Crippen LogP contribution in [-0.2, 0) is 4.79 Å². The van der Waals surface area contributed by atoms with Crippen LogP contribution in [0, 0.1) is 25.2 Å². The lowest BCUT2D eigenvalue weighted by Crippen LogP contribution is -2.05. The van der Waals surface area contributed by atoms with Crippen molar-refractivity contribution in [2.24, 2.45) is 0 Å². The molecule has 1 amide bonds. The predicted molar refractivity (Wildman–Crippen MR) is 82.6 cm³/mol. The number of rotatable bonds is 2. The Bertz CT molecular complexity index is 742. The van der Waals surface area contributed by atoms with Gasteiger partial charge in [0.15, 0.2) is 0 Å². The van der Waals surface area contributed by atoms with E-state index in [-0.39, 0.29) is 11.7 Å². The molecule has 2 aromatic rings. The van der Waals surface area contributed by atoms with Crippen LogP contribution in [0.15, 0.2) is 24.3 Å². The van der Waals surface area contributed by atoms with Gasteiger partial charge in [0.2, 0.25) is 5.91 Å². The van der Waals surface area contributed by atoms with Crippen LogP contribution < -0.4 is 11.1 Å². The molecule has 0 saturated heterocycles. The number of nitrogen functional groups attached to an aromatic ring is 1. The van der Waals surface area contributed by atoms with E-state index in [1.54, 1.807) is 12.1 Å². The molecule has 0 aliphatic heterocycles. The van der Waals surface area contributed by atoms with Gasteiger partial charge in [-0.1, -0.05) is 12.1 Å². The summed E-state index contributed by atoms with van der Waals surface area (Å²) in [4.78, 5) is 15.2. The molecule has 5 heteroatoms. The summed E-state index contributed by atoms with van der Waals surface area (Å²) in [6.07, 6.45) is 0. The summed E-state index contributed by atoms with van der Waals surface area (Å²) >= 11 is 0. The first kappa shape index (κ1) is 14.5. The van der Waals surface area contributed by atoms with Crippen LogP contribution in [-0.4, -0.2) is 10.9 Å². The van der Waals surface area contributed by atoms with Gasteiger partial charge in [-0.05, 0) is 37.1 Å². The minimum absolute atomic E-state index is 0.124. The van der Waals surface area contributed by atoms with Crippen molar-refractivity contribution in [2.75, 3.05) is 11.1 Å². The standard InChI is InChI=1S/C16H16N4O/c1-9-10(2)19-16(18)14(8-17)15(9)12-4-6-13(7-5-12)20-11(3)21/h4-7H,1-3H3,(H2,18,19)(H,20,21). The van der Waals surface area contributed by atoms with Crippen molar-refractivity contribution in [3.8, 4) is 17.2 Å². The minimum atomic E-state index is -0.124. The Morgan fingerprint density at radius 3 is 2.43 bits per heavy atom. The van der Waals surface area contributed by atoms with Crippen molar-refractivity contribution in [3.05, 3.63) is 41.1 Å². The van der Waals surface area contributed by atoms with E-state index in [0.717, 1.165) is 22.4 Å². The first-order chi connectivity index (χ1) is 9.93. The van der Waals surface area contributed by atoms with Gasteiger partial charge in [-0.25, -0.2) is 4.98 Å². The summed E-state index contributed by atoms with van der Waals surface area (Å²) in [6.45, 7) is 5.24. The highest BCUT2D eigenvalue weighted by molar-refractivity contribution is 5.89. The number of carbonyl (C=O) groups is 1. The highest BCUT2D eigenvalue weighted by Gasteiger charge is 2.15. The summed E-state index contributed by atoms with van der Waals surface area (Å²) < 4.78 is 0. The number of nitriles is 1. The van der Waals surface area contributed by atoms with Gasteiger partial charge in [-0.15, -0.1) is 0 Å². The number of amides is 1. The van der Waals surface area contributed by atoms with Crippen LogP contribution in [0.3, 0.4) is 0 Å². The number of aromatic nitrogens is 1. The van der Waals surface area contributed by atoms with Gasteiger partial charge in [0, 0.05) is 23.9 Å². The molecule has 0 unspecified atom stereocenters. The normalized spacial score (nSPS) is 10.0. The highest BCUT2D eigenvalue weighted by atomic mass is 16.1. The van der Waals surface area contributed by atoms with Crippen LogP contribution in [0.2, 0.25) is 0 Å². The fourth-order valence-corrected chi connectivity index (χ4v) is 2.21. The van der Waals surface area contributed by atoms with Crippen LogP contribution in [0.25, 0.3) is 11.1 Å². The van der Waals surface area contributed by atoms with E-state index in [0.29, 0.717) is 11.3 Å². The number of pyridine rings is 1. The Kier molecular flexibility index (Phi) is 3.90. The minimum Gasteiger partial charge on any atom is -0.383 e. The summed E-state index contributed by atoms with van der Waals surface area (Å²) in [6, 6.07) is 9.42. The quantitative estimate of drug-likeness (QED) is 0.884. The maximum atomic E-state index is 11.0. The summed E-state index contributed by atoms with van der Waals surface area (Å²) in [5, 5.41) is 12.0. The number of hydrogen-bond acceptors (Lipinski definition) is 4. The lowest BCUT2D eigenvalue weighted by molar-refractivity contribution is -0.114. The summed E-state index contributed by atoms with van der Waals surface area (Å²) in [5.74, 6) is 0.113. The molecule has 3 N–H and O–H groups in total. The number of aryl methyl sites for hydroxylation is 1. The van der Waals surface area contributed by atoms with Crippen LogP contribution in [0.4, 0.5) is 11.5 Å². The molecule has 0 atom stereocenters. The molecule has 21 heavy (non-hydrogen) atoms. The Hall–Kier alpha value is -2.87. The van der Waals surface area contributed by atoms with E-state index in [9.17, 15) is 10.1 Å². The monoisotopic (exact) mass is 280 g/mol. The van der Waals surface area contributed by atoms with E-state index >= 15 is 0 Å². The summed E-state index contributed by atoms with van der Waals surface area (Å²) in [7, 11) is 0. The molecule has 0 aliphatic carbocycles. The molecule has 0 bridgehead atoms. The van der Waals surface area contributed by atoms with Crippen LogP contribution in [0.1, 0.15) is 23.7 Å². The van der Waals surface area contributed by atoms with Gasteiger partial charge >= 0.3 is 0 Å². The molecular formula is C16H16N4O. The van der Waals surface area contributed by atoms with Crippen molar-refractivity contribution in [1.82, 2.24) is 4.98 Å². The molecule has 0 radical (unpaired) electrons. The topological polar surface area (TPSA) is 91.8 Å². The first-order valence-corrected chi connectivity index (χ1v) is 6.48. The smallest absolute Gasteiger partial charge is 0.221 e. The number of nitrogens with one attached hydrogen (secondary N) is 1. The third kappa shape index (κ3) is 2.84. The Labute approximate surface area is 123 Å². The molecule has 2 rings (SSSR count). The highest BCUT2D eigenvalue weighted by Crippen LogP contribution is 2.32. The average molecular weight is 280 g/mol. The number of nitrogens with two attached hydrogens (primary N) is 1. The maximum absolute atomic E-state index is 11.0. The maximum Gasteiger partial charge on any atom is 0.221 e. The third-order valence-corrected chi connectivity index (χ3v) is 3.32. The molecule has 1 aromatic heterocycles. The second-order valence-electron chi connectivity index (χ2n) is 4.83. The summed E-state index contributed by atoms with van der Waals surface area (Å²) in [5.41, 5.74) is 10.3. The average Bonchev–Trinajstić information content (AvgIpc) is 2.43. The molecule has 5 nitrogen and oxygen atoms in total. The Morgan fingerprint density at radius 2 is 1.90 bits per heavy atom. The Balaban J connectivity index is 2.57. The number of nitrogens with zero attached hydrogens (tertiary/aromatic N) is 2. The SMILES string of the molecule is CC(=O)Nc1ccc(-c2c(C)c(C)nc(N)c2C#N)cc1. The molecule has 1 heterocycles. The second kappa shape index (κ2) is 5.63. The van der Waals surface area contributed by atoms with Gasteiger partial charge in [-0.3, -0.25) is 4.79 Å². The number of benzene rings is 1. The van der Waals surface area contributed by atoms with Crippen molar-refractivity contribution in [1.29, 1.82) is 5.26 Å². The molecule has 106 valence electrons.